The highest BCUT2D eigenvalue weighted by Gasteiger charge is 2.34. The van der Waals surface area contributed by atoms with Gasteiger partial charge in [0.2, 0.25) is 12.7 Å². The highest BCUT2D eigenvalue weighted by atomic mass is 35.5. The lowest BCUT2D eigenvalue weighted by Crippen LogP contribution is -2.49. The molecule has 3 aliphatic heterocycles. The number of benzene rings is 1. The van der Waals surface area contributed by atoms with Gasteiger partial charge in [-0.25, -0.2) is 0 Å². The quantitative estimate of drug-likeness (QED) is 0.828. The molecule has 25 heavy (non-hydrogen) atoms. The summed E-state index contributed by atoms with van der Waals surface area (Å²) in [7, 11) is 0. The van der Waals surface area contributed by atoms with Gasteiger partial charge in [0.05, 0.1) is 6.10 Å². The Kier molecular flexibility index (Phi) is 5.71. The highest BCUT2D eigenvalue weighted by Crippen LogP contribution is 2.37. The van der Waals surface area contributed by atoms with E-state index < -0.39 is 6.10 Å². The number of aliphatic hydroxyl groups excluding tert-OH is 1. The number of hydrogen-bond acceptors (Lipinski definition) is 5. The molecule has 0 spiro atoms. The van der Waals surface area contributed by atoms with Crippen LogP contribution < -0.4 is 14.8 Å². The van der Waals surface area contributed by atoms with Gasteiger partial charge in [0.15, 0.2) is 11.5 Å². The molecule has 4 rings (SSSR count). The Labute approximate surface area is 153 Å². The van der Waals surface area contributed by atoms with Crippen molar-refractivity contribution >= 4 is 18.3 Å². The maximum absolute atomic E-state index is 12.6. The predicted octanol–water partition coefficient (Wildman–Crippen LogP) is 1.51. The second-order valence-electron chi connectivity index (χ2n) is 6.88. The Hall–Kier alpha value is -1.50. The summed E-state index contributed by atoms with van der Waals surface area (Å²) in [4.78, 5) is 14.5. The van der Waals surface area contributed by atoms with E-state index in [0.717, 1.165) is 49.4 Å². The zero-order valence-electron chi connectivity index (χ0n) is 14.1. The number of aliphatic hydroxyl groups is 1. The summed E-state index contributed by atoms with van der Waals surface area (Å²) in [6.07, 6.45) is 2.04. The minimum Gasteiger partial charge on any atom is -0.454 e. The third kappa shape index (κ3) is 3.71. The van der Waals surface area contributed by atoms with Crippen molar-refractivity contribution in [3.63, 3.8) is 0 Å². The van der Waals surface area contributed by atoms with Crippen LogP contribution >= 0.6 is 12.4 Å². The summed E-state index contributed by atoms with van der Waals surface area (Å²) < 4.78 is 10.8. The van der Waals surface area contributed by atoms with Crippen LogP contribution in [0.5, 0.6) is 11.5 Å². The van der Waals surface area contributed by atoms with Crippen molar-refractivity contribution in [2.75, 3.05) is 33.0 Å². The van der Waals surface area contributed by atoms with Crippen molar-refractivity contribution in [2.24, 2.45) is 5.92 Å². The van der Waals surface area contributed by atoms with E-state index in [1.54, 1.807) is 0 Å². The van der Waals surface area contributed by atoms with Gasteiger partial charge < -0.3 is 24.8 Å². The second-order valence-corrected chi connectivity index (χ2v) is 6.88. The van der Waals surface area contributed by atoms with E-state index in [-0.39, 0.29) is 36.9 Å². The number of hydrogen-bond donors (Lipinski definition) is 2. The van der Waals surface area contributed by atoms with Crippen LogP contribution in [0.15, 0.2) is 18.2 Å². The van der Waals surface area contributed by atoms with Crippen LogP contribution in [0.3, 0.4) is 0 Å². The Morgan fingerprint density at radius 2 is 1.92 bits per heavy atom. The van der Waals surface area contributed by atoms with Crippen molar-refractivity contribution in [1.29, 1.82) is 0 Å². The van der Waals surface area contributed by atoms with Crippen molar-refractivity contribution in [3.8, 4) is 11.5 Å². The third-order valence-electron chi connectivity index (χ3n) is 5.41. The third-order valence-corrected chi connectivity index (χ3v) is 5.41. The number of amides is 1. The standard InChI is InChI=1S/C18H24N2O4.ClH/c21-15-10-20(18(22)12-3-6-19-7-4-12)8-5-14(15)13-1-2-16-17(9-13)24-11-23-16;/h1-2,9,12,14-15,19,21H,3-8,10-11H2;1H/t14-,15+;/m0./s1. The van der Waals surface area contributed by atoms with E-state index in [4.69, 9.17) is 9.47 Å². The molecule has 1 aromatic carbocycles. The number of rotatable bonds is 2. The summed E-state index contributed by atoms with van der Waals surface area (Å²) in [5.74, 6) is 1.86. The number of ether oxygens (including phenoxy) is 2. The molecule has 1 amide bonds. The summed E-state index contributed by atoms with van der Waals surface area (Å²) in [6, 6.07) is 5.85. The molecule has 2 atom stereocenters. The smallest absolute Gasteiger partial charge is 0.231 e. The molecule has 0 aromatic heterocycles. The van der Waals surface area contributed by atoms with Crippen LogP contribution in [0, 0.1) is 5.92 Å². The Morgan fingerprint density at radius 1 is 1.16 bits per heavy atom. The first-order chi connectivity index (χ1) is 11.7. The lowest BCUT2D eigenvalue weighted by atomic mass is 9.86. The van der Waals surface area contributed by atoms with Crippen LogP contribution in [0.25, 0.3) is 0 Å². The number of piperidine rings is 2. The van der Waals surface area contributed by atoms with E-state index in [2.05, 4.69) is 5.32 Å². The van der Waals surface area contributed by atoms with Crippen molar-refractivity contribution in [1.82, 2.24) is 10.2 Å². The molecule has 2 N–H and O–H groups in total. The van der Waals surface area contributed by atoms with Gasteiger partial charge in [-0.15, -0.1) is 12.4 Å². The topological polar surface area (TPSA) is 71.0 Å². The summed E-state index contributed by atoms with van der Waals surface area (Å²) >= 11 is 0. The minimum absolute atomic E-state index is 0. The van der Waals surface area contributed by atoms with E-state index in [9.17, 15) is 9.90 Å². The molecule has 7 heteroatoms. The first-order valence-electron chi connectivity index (χ1n) is 8.79. The SMILES string of the molecule is Cl.O=C(C1CCNCC1)N1CC[C@@H](c2ccc3c(c2)OCO3)[C@H](O)C1. The molecule has 0 radical (unpaired) electrons. The van der Waals surface area contributed by atoms with Gasteiger partial charge in [0.1, 0.15) is 0 Å². The second kappa shape index (κ2) is 7.81. The number of nitrogens with zero attached hydrogens (tertiary/aromatic N) is 1. The van der Waals surface area contributed by atoms with E-state index >= 15 is 0 Å². The Morgan fingerprint density at radius 3 is 2.68 bits per heavy atom. The molecule has 1 aromatic rings. The van der Waals surface area contributed by atoms with Crippen LogP contribution in [-0.4, -0.2) is 55.0 Å². The number of nitrogens with one attached hydrogen (secondary N) is 1. The molecule has 0 unspecified atom stereocenters. The molecule has 0 bridgehead atoms. The first-order valence-corrected chi connectivity index (χ1v) is 8.79. The molecule has 138 valence electrons. The fourth-order valence-electron chi connectivity index (χ4n) is 3.99. The Balaban J connectivity index is 0.00000182. The number of fused-ring (bicyclic) bond motifs is 1. The molecule has 0 aliphatic carbocycles. The lowest BCUT2D eigenvalue weighted by Gasteiger charge is -2.38. The van der Waals surface area contributed by atoms with Gasteiger partial charge in [0.25, 0.3) is 0 Å². The van der Waals surface area contributed by atoms with Gasteiger partial charge in [0, 0.05) is 24.9 Å². The fourth-order valence-corrected chi connectivity index (χ4v) is 3.99. The van der Waals surface area contributed by atoms with Gasteiger partial charge in [-0.3, -0.25) is 4.79 Å². The molecule has 0 saturated carbocycles. The average Bonchev–Trinajstić information content (AvgIpc) is 3.09. The van der Waals surface area contributed by atoms with Crippen LogP contribution in [0.2, 0.25) is 0 Å². The molecular formula is C18H25ClN2O4. The molecule has 3 aliphatic rings. The Bertz CT molecular complexity index is 621. The zero-order valence-corrected chi connectivity index (χ0v) is 15.0. The number of carbonyl (C=O) groups excluding carboxylic acids is 1. The van der Waals surface area contributed by atoms with E-state index in [1.165, 1.54) is 0 Å². The highest BCUT2D eigenvalue weighted by molar-refractivity contribution is 5.85. The summed E-state index contributed by atoms with van der Waals surface area (Å²) in [6.45, 7) is 3.20. The van der Waals surface area contributed by atoms with Crippen LogP contribution in [0.1, 0.15) is 30.7 Å². The largest absolute Gasteiger partial charge is 0.454 e. The minimum atomic E-state index is -0.537. The number of β-amino-alcohol motifs (C(OH)–C–C–N with tert-alkyl or cyclic N) is 1. The van der Waals surface area contributed by atoms with Crippen molar-refractivity contribution < 1.29 is 19.4 Å². The van der Waals surface area contributed by atoms with E-state index in [0.29, 0.717) is 13.1 Å². The molecule has 6 nitrogen and oxygen atoms in total. The van der Waals surface area contributed by atoms with Gasteiger partial charge in [-0.05, 0) is 50.0 Å². The first kappa shape index (κ1) is 18.3. The lowest BCUT2D eigenvalue weighted by molar-refractivity contribution is -0.139. The summed E-state index contributed by atoms with van der Waals surface area (Å²) in [5, 5.41) is 13.9. The van der Waals surface area contributed by atoms with Gasteiger partial charge in [-0.1, -0.05) is 6.07 Å². The normalized spacial score (nSPS) is 26.2. The van der Waals surface area contributed by atoms with E-state index in [1.807, 2.05) is 23.1 Å². The van der Waals surface area contributed by atoms with Crippen molar-refractivity contribution in [2.45, 2.75) is 31.3 Å². The predicted molar refractivity (Wildman–Crippen MR) is 95.4 cm³/mol. The van der Waals surface area contributed by atoms with Gasteiger partial charge >= 0.3 is 0 Å². The monoisotopic (exact) mass is 368 g/mol. The number of halogens is 1. The molecule has 3 heterocycles. The van der Waals surface area contributed by atoms with Crippen LogP contribution in [-0.2, 0) is 4.79 Å². The van der Waals surface area contributed by atoms with Crippen molar-refractivity contribution in [3.05, 3.63) is 23.8 Å². The fraction of sp³-hybridized carbons (Fsp3) is 0.611. The number of likely N-dealkylation sites (tertiary alicyclic amines) is 1. The summed E-state index contributed by atoms with van der Waals surface area (Å²) in [5.41, 5.74) is 1.06. The van der Waals surface area contributed by atoms with Gasteiger partial charge in [-0.2, -0.15) is 0 Å². The molecular weight excluding hydrogens is 344 g/mol. The maximum atomic E-state index is 12.6. The number of carbonyl (C=O) groups is 1. The molecule has 2 fully saturated rings. The average molecular weight is 369 g/mol. The zero-order chi connectivity index (χ0) is 16.5. The van der Waals surface area contributed by atoms with Crippen LogP contribution in [0.4, 0.5) is 0 Å². The maximum Gasteiger partial charge on any atom is 0.231 e. The molecule has 2 saturated heterocycles.